The number of nitro benzene ring substituents is 1. The number of carbonyl (C=O) groups excluding carboxylic acids is 1. The summed E-state index contributed by atoms with van der Waals surface area (Å²) in [7, 11) is 0. The van der Waals surface area contributed by atoms with Crippen molar-refractivity contribution in [1.29, 1.82) is 0 Å². The maximum atomic E-state index is 12.4. The number of likely N-dealkylation sites (tertiary alicyclic amines) is 1. The number of non-ortho nitro benzene ring substituents is 1. The zero-order valence-corrected chi connectivity index (χ0v) is 12.9. The molecule has 6 nitrogen and oxygen atoms in total. The second-order valence-electron chi connectivity index (χ2n) is 6.03. The SMILES string of the molecule is CC1CCN(C(=O)CCc2cccc([N+](=O)[O-])c2)C(CN)C1. The Morgan fingerprint density at radius 1 is 1.50 bits per heavy atom. The summed E-state index contributed by atoms with van der Waals surface area (Å²) in [5, 5.41) is 10.8. The molecule has 0 aromatic heterocycles. The maximum Gasteiger partial charge on any atom is 0.269 e. The summed E-state index contributed by atoms with van der Waals surface area (Å²) in [6.45, 7) is 3.44. The van der Waals surface area contributed by atoms with Gasteiger partial charge in [-0.15, -0.1) is 0 Å². The van der Waals surface area contributed by atoms with Gasteiger partial charge in [0, 0.05) is 37.7 Å². The lowest BCUT2D eigenvalue weighted by molar-refractivity contribution is -0.384. The van der Waals surface area contributed by atoms with E-state index in [1.54, 1.807) is 6.07 Å². The monoisotopic (exact) mass is 305 g/mol. The second-order valence-corrected chi connectivity index (χ2v) is 6.03. The molecular formula is C16H23N3O3. The van der Waals surface area contributed by atoms with Crippen LogP contribution in [0.4, 0.5) is 5.69 Å². The smallest absolute Gasteiger partial charge is 0.269 e. The van der Waals surface area contributed by atoms with Gasteiger partial charge in [-0.25, -0.2) is 0 Å². The fraction of sp³-hybridized carbons (Fsp3) is 0.562. The van der Waals surface area contributed by atoms with E-state index in [1.165, 1.54) is 12.1 Å². The van der Waals surface area contributed by atoms with E-state index in [4.69, 9.17) is 5.73 Å². The molecule has 1 amide bonds. The Kier molecular flexibility index (Phi) is 5.49. The van der Waals surface area contributed by atoms with Gasteiger partial charge in [-0.2, -0.15) is 0 Å². The summed E-state index contributed by atoms with van der Waals surface area (Å²) < 4.78 is 0. The van der Waals surface area contributed by atoms with E-state index in [0.717, 1.165) is 24.9 Å². The largest absolute Gasteiger partial charge is 0.338 e. The Morgan fingerprint density at radius 2 is 2.27 bits per heavy atom. The molecule has 120 valence electrons. The van der Waals surface area contributed by atoms with Crippen molar-refractivity contribution in [2.45, 2.75) is 38.6 Å². The number of amides is 1. The van der Waals surface area contributed by atoms with Gasteiger partial charge in [0.25, 0.3) is 5.69 Å². The minimum absolute atomic E-state index is 0.0663. The third kappa shape index (κ3) is 4.04. The molecule has 1 heterocycles. The van der Waals surface area contributed by atoms with Crippen LogP contribution in [-0.4, -0.2) is 34.9 Å². The van der Waals surface area contributed by atoms with E-state index in [-0.39, 0.29) is 17.6 Å². The predicted octanol–water partition coefficient (Wildman–Crippen LogP) is 2.11. The molecule has 1 saturated heterocycles. The summed E-state index contributed by atoms with van der Waals surface area (Å²) >= 11 is 0. The summed E-state index contributed by atoms with van der Waals surface area (Å²) in [5.41, 5.74) is 6.67. The van der Waals surface area contributed by atoms with Crippen LogP contribution in [0.5, 0.6) is 0 Å². The molecule has 1 aromatic rings. The van der Waals surface area contributed by atoms with Crippen molar-refractivity contribution in [2.24, 2.45) is 11.7 Å². The van der Waals surface area contributed by atoms with Crippen LogP contribution in [0.3, 0.4) is 0 Å². The number of nitrogens with zero attached hydrogens (tertiary/aromatic N) is 2. The first kappa shape index (κ1) is 16.4. The third-order valence-corrected chi connectivity index (χ3v) is 4.32. The lowest BCUT2D eigenvalue weighted by Gasteiger charge is -2.38. The molecular weight excluding hydrogens is 282 g/mol. The molecule has 1 fully saturated rings. The molecule has 0 saturated carbocycles. The van der Waals surface area contributed by atoms with Crippen LogP contribution in [0.25, 0.3) is 0 Å². The van der Waals surface area contributed by atoms with Crippen molar-refractivity contribution in [3.05, 3.63) is 39.9 Å². The van der Waals surface area contributed by atoms with Crippen molar-refractivity contribution in [3.8, 4) is 0 Å². The molecule has 22 heavy (non-hydrogen) atoms. The minimum Gasteiger partial charge on any atom is -0.338 e. The fourth-order valence-corrected chi connectivity index (χ4v) is 3.02. The maximum absolute atomic E-state index is 12.4. The van der Waals surface area contributed by atoms with Crippen molar-refractivity contribution >= 4 is 11.6 Å². The average Bonchev–Trinajstić information content (AvgIpc) is 2.52. The highest BCUT2D eigenvalue weighted by Gasteiger charge is 2.28. The topological polar surface area (TPSA) is 89.5 Å². The molecule has 2 rings (SSSR count). The zero-order valence-electron chi connectivity index (χ0n) is 12.9. The van der Waals surface area contributed by atoms with Crippen molar-refractivity contribution in [3.63, 3.8) is 0 Å². The zero-order chi connectivity index (χ0) is 16.1. The predicted molar refractivity (Wildman–Crippen MR) is 84.4 cm³/mol. The van der Waals surface area contributed by atoms with Crippen LogP contribution >= 0.6 is 0 Å². The average molecular weight is 305 g/mol. The van der Waals surface area contributed by atoms with Crippen LogP contribution < -0.4 is 5.73 Å². The van der Waals surface area contributed by atoms with Gasteiger partial charge in [-0.05, 0) is 30.7 Å². The minimum atomic E-state index is -0.415. The van der Waals surface area contributed by atoms with Gasteiger partial charge < -0.3 is 10.6 Å². The Balaban J connectivity index is 1.94. The van der Waals surface area contributed by atoms with Crippen LogP contribution in [0, 0.1) is 16.0 Å². The van der Waals surface area contributed by atoms with E-state index in [9.17, 15) is 14.9 Å². The van der Waals surface area contributed by atoms with Gasteiger partial charge in [0.2, 0.25) is 5.91 Å². The van der Waals surface area contributed by atoms with Crippen molar-refractivity contribution in [1.82, 2.24) is 4.90 Å². The van der Waals surface area contributed by atoms with Gasteiger partial charge in [-0.3, -0.25) is 14.9 Å². The number of hydrogen-bond donors (Lipinski definition) is 1. The molecule has 0 radical (unpaired) electrons. The number of carbonyl (C=O) groups is 1. The first-order chi connectivity index (χ1) is 10.5. The number of nitro groups is 1. The number of nitrogens with two attached hydrogens (primary N) is 1. The van der Waals surface area contributed by atoms with Gasteiger partial charge in [0.05, 0.1) is 4.92 Å². The van der Waals surface area contributed by atoms with E-state index in [0.29, 0.717) is 25.3 Å². The fourth-order valence-electron chi connectivity index (χ4n) is 3.02. The normalized spacial score (nSPS) is 21.6. The summed E-state index contributed by atoms with van der Waals surface area (Å²) in [5.74, 6) is 0.697. The number of hydrogen-bond acceptors (Lipinski definition) is 4. The number of piperidine rings is 1. The van der Waals surface area contributed by atoms with Crippen LogP contribution in [-0.2, 0) is 11.2 Å². The van der Waals surface area contributed by atoms with Gasteiger partial charge >= 0.3 is 0 Å². The second kappa shape index (κ2) is 7.35. The lowest BCUT2D eigenvalue weighted by atomic mass is 9.92. The lowest BCUT2D eigenvalue weighted by Crippen LogP contribution is -2.49. The first-order valence-corrected chi connectivity index (χ1v) is 7.74. The van der Waals surface area contributed by atoms with E-state index < -0.39 is 4.92 Å². The molecule has 2 unspecified atom stereocenters. The Bertz CT molecular complexity index is 547. The highest BCUT2D eigenvalue weighted by Crippen LogP contribution is 2.23. The van der Waals surface area contributed by atoms with Crippen molar-refractivity contribution in [2.75, 3.05) is 13.1 Å². The summed E-state index contributed by atoms with van der Waals surface area (Å²) in [4.78, 5) is 24.6. The molecule has 2 atom stereocenters. The number of aryl methyl sites for hydroxylation is 1. The Morgan fingerprint density at radius 3 is 2.95 bits per heavy atom. The molecule has 0 bridgehead atoms. The van der Waals surface area contributed by atoms with E-state index in [2.05, 4.69) is 6.92 Å². The Hall–Kier alpha value is -1.95. The van der Waals surface area contributed by atoms with Crippen LogP contribution in [0.2, 0.25) is 0 Å². The van der Waals surface area contributed by atoms with Gasteiger partial charge in [0.1, 0.15) is 0 Å². The van der Waals surface area contributed by atoms with Gasteiger partial charge in [-0.1, -0.05) is 19.1 Å². The Labute approximate surface area is 130 Å². The number of benzene rings is 1. The highest BCUT2D eigenvalue weighted by atomic mass is 16.6. The molecule has 1 aliphatic heterocycles. The van der Waals surface area contributed by atoms with Crippen molar-refractivity contribution < 1.29 is 9.72 Å². The quantitative estimate of drug-likeness (QED) is 0.666. The molecule has 0 spiro atoms. The molecule has 2 N–H and O–H groups in total. The third-order valence-electron chi connectivity index (χ3n) is 4.32. The van der Waals surface area contributed by atoms with Gasteiger partial charge in [0.15, 0.2) is 0 Å². The first-order valence-electron chi connectivity index (χ1n) is 7.74. The highest BCUT2D eigenvalue weighted by molar-refractivity contribution is 5.77. The van der Waals surface area contributed by atoms with Crippen LogP contribution in [0.1, 0.15) is 31.7 Å². The van der Waals surface area contributed by atoms with Crippen LogP contribution in [0.15, 0.2) is 24.3 Å². The molecule has 1 aromatic carbocycles. The summed E-state index contributed by atoms with van der Waals surface area (Å²) in [6, 6.07) is 6.59. The van der Waals surface area contributed by atoms with E-state index in [1.807, 2.05) is 11.0 Å². The van der Waals surface area contributed by atoms with E-state index >= 15 is 0 Å². The number of rotatable bonds is 5. The molecule has 1 aliphatic rings. The molecule has 6 heteroatoms. The summed E-state index contributed by atoms with van der Waals surface area (Å²) in [6.07, 6.45) is 2.86. The standard InChI is InChI=1S/C16H23N3O3/c1-12-7-8-18(15(9-12)11-17)16(20)6-5-13-3-2-4-14(10-13)19(21)22/h2-4,10,12,15H,5-9,11,17H2,1H3. The molecule has 0 aliphatic carbocycles.